The maximum atomic E-state index is 11.8. The number of hydrogen-bond acceptors (Lipinski definition) is 6. The molecule has 1 heterocycles. The standard InChI is InChI=1S/C12H18O6/c1-7(2)15-9(13)8(3)12(17-18-12)10(14)16-11(4,5)6/h7H,3H2,1-2,4-6H3. The Kier molecular flexibility index (Phi) is 3.83. The number of carbonyl (C=O) groups is 2. The van der Waals surface area contributed by atoms with Crippen molar-refractivity contribution in [2.75, 3.05) is 0 Å². The lowest BCUT2D eigenvalue weighted by atomic mass is 10.1. The average molecular weight is 258 g/mol. The first kappa shape index (κ1) is 14.7. The van der Waals surface area contributed by atoms with Crippen molar-refractivity contribution in [2.45, 2.75) is 52.1 Å². The van der Waals surface area contributed by atoms with Gasteiger partial charge in [0.05, 0.1) is 6.10 Å². The van der Waals surface area contributed by atoms with Crippen LogP contribution in [0, 0.1) is 0 Å². The van der Waals surface area contributed by atoms with Crippen molar-refractivity contribution in [3.63, 3.8) is 0 Å². The molecule has 102 valence electrons. The molecule has 0 aliphatic carbocycles. The van der Waals surface area contributed by atoms with Gasteiger partial charge >= 0.3 is 17.7 Å². The second kappa shape index (κ2) is 4.70. The third-order valence-corrected chi connectivity index (χ3v) is 1.90. The van der Waals surface area contributed by atoms with E-state index in [2.05, 4.69) is 16.4 Å². The van der Waals surface area contributed by atoms with E-state index in [0.717, 1.165) is 0 Å². The van der Waals surface area contributed by atoms with Crippen LogP contribution in [0.2, 0.25) is 0 Å². The van der Waals surface area contributed by atoms with Crippen molar-refractivity contribution < 1.29 is 28.8 Å². The smallest absolute Gasteiger partial charge is 0.378 e. The molecule has 0 bridgehead atoms. The maximum absolute atomic E-state index is 11.8. The lowest BCUT2D eigenvalue weighted by molar-refractivity contribution is -0.163. The minimum absolute atomic E-state index is 0.231. The summed E-state index contributed by atoms with van der Waals surface area (Å²) in [5.41, 5.74) is -0.952. The lowest BCUT2D eigenvalue weighted by Gasteiger charge is -2.21. The Bertz CT molecular complexity index is 373. The summed E-state index contributed by atoms with van der Waals surface area (Å²) in [6.45, 7) is 11.9. The van der Waals surface area contributed by atoms with E-state index < -0.39 is 23.3 Å². The van der Waals surface area contributed by atoms with Gasteiger partial charge in [-0.25, -0.2) is 9.59 Å². The quantitative estimate of drug-likeness (QED) is 0.329. The molecule has 1 aliphatic rings. The zero-order chi connectivity index (χ0) is 14.1. The molecule has 0 unspecified atom stereocenters. The minimum atomic E-state index is -1.85. The summed E-state index contributed by atoms with van der Waals surface area (Å²) in [6, 6.07) is 0. The number of rotatable bonds is 4. The van der Waals surface area contributed by atoms with Gasteiger partial charge in [0.1, 0.15) is 11.2 Å². The average Bonchev–Trinajstić information content (AvgIpc) is 2.93. The number of hydrogen-bond donors (Lipinski definition) is 0. The zero-order valence-corrected chi connectivity index (χ0v) is 11.2. The molecule has 0 aromatic carbocycles. The highest BCUT2D eigenvalue weighted by Gasteiger charge is 2.64. The molecule has 0 aromatic rings. The molecule has 1 saturated heterocycles. The third kappa shape index (κ3) is 3.30. The van der Waals surface area contributed by atoms with E-state index >= 15 is 0 Å². The molecule has 0 aromatic heterocycles. The summed E-state index contributed by atoms with van der Waals surface area (Å²) in [5.74, 6) is -3.42. The summed E-state index contributed by atoms with van der Waals surface area (Å²) in [5, 5.41) is 0. The van der Waals surface area contributed by atoms with E-state index in [9.17, 15) is 9.59 Å². The van der Waals surface area contributed by atoms with Gasteiger partial charge in [-0.3, -0.25) is 0 Å². The molecule has 1 rings (SSSR count). The van der Waals surface area contributed by atoms with Crippen LogP contribution in [0.25, 0.3) is 0 Å². The number of carbonyl (C=O) groups excluding carboxylic acids is 2. The monoisotopic (exact) mass is 258 g/mol. The van der Waals surface area contributed by atoms with Crippen molar-refractivity contribution in [3.8, 4) is 0 Å². The first-order valence-electron chi connectivity index (χ1n) is 5.59. The first-order valence-corrected chi connectivity index (χ1v) is 5.59. The Morgan fingerprint density at radius 1 is 1.22 bits per heavy atom. The van der Waals surface area contributed by atoms with E-state index in [-0.39, 0.29) is 11.7 Å². The van der Waals surface area contributed by atoms with Gasteiger partial charge in [-0.05, 0) is 34.6 Å². The fraction of sp³-hybridized carbons (Fsp3) is 0.667. The second-order valence-corrected chi connectivity index (χ2v) is 5.22. The van der Waals surface area contributed by atoms with Crippen molar-refractivity contribution in [1.82, 2.24) is 0 Å². The summed E-state index contributed by atoms with van der Waals surface area (Å²) in [4.78, 5) is 32.6. The van der Waals surface area contributed by atoms with Crippen LogP contribution in [0.4, 0.5) is 0 Å². The molecule has 0 radical (unpaired) electrons. The highest BCUT2D eigenvalue weighted by atomic mass is 17.4. The molecule has 6 nitrogen and oxygen atoms in total. The van der Waals surface area contributed by atoms with Gasteiger partial charge in [-0.1, -0.05) is 6.58 Å². The molecular weight excluding hydrogens is 240 g/mol. The van der Waals surface area contributed by atoms with E-state index in [4.69, 9.17) is 9.47 Å². The molecule has 0 saturated carbocycles. The van der Waals surface area contributed by atoms with Crippen LogP contribution < -0.4 is 0 Å². The highest BCUT2D eigenvalue weighted by molar-refractivity contribution is 5.99. The van der Waals surface area contributed by atoms with Gasteiger partial charge in [0.2, 0.25) is 0 Å². The van der Waals surface area contributed by atoms with Crippen molar-refractivity contribution in [1.29, 1.82) is 0 Å². The van der Waals surface area contributed by atoms with Gasteiger partial charge in [-0.2, -0.15) is 9.78 Å². The Hall–Kier alpha value is -1.40. The largest absolute Gasteiger partial charge is 0.459 e. The van der Waals surface area contributed by atoms with E-state index in [1.54, 1.807) is 34.6 Å². The molecule has 0 N–H and O–H groups in total. The van der Waals surface area contributed by atoms with Crippen LogP contribution in [0.1, 0.15) is 34.6 Å². The first-order chi connectivity index (χ1) is 8.08. The summed E-state index contributed by atoms with van der Waals surface area (Å²) in [7, 11) is 0. The van der Waals surface area contributed by atoms with Gasteiger partial charge in [0.15, 0.2) is 0 Å². The fourth-order valence-electron chi connectivity index (χ4n) is 1.10. The molecule has 18 heavy (non-hydrogen) atoms. The Labute approximate surface area is 106 Å². The van der Waals surface area contributed by atoms with Crippen LogP contribution >= 0.6 is 0 Å². The maximum Gasteiger partial charge on any atom is 0.378 e. The molecule has 0 amide bonds. The summed E-state index contributed by atoms with van der Waals surface area (Å²) >= 11 is 0. The highest BCUT2D eigenvalue weighted by Crippen LogP contribution is 2.39. The number of esters is 2. The Morgan fingerprint density at radius 2 is 1.72 bits per heavy atom. The van der Waals surface area contributed by atoms with Crippen LogP contribution in [-0.2, 0) is 28.8 Å². The predicted molar refractivity (Wildman–Crippen MR) is 61.1 cm³/mol. The Balaban J connectivity index is 2.73. The van der Waals surface area contributed by atoms with Gasteiger partial charge in [0.25, 0.3) is 0 Å². The molecular formula is C12H18O6. The van der Waals surface area contributed by atoms with E-state index in [1.807, 2.05) is 0 Å². The van der Waals surface area contributed by atoms with Crippen LogP contribution in [0.3, 0.4) is 0 Å². The number of ether oxygens (including phenoxy) is 2. The van der Waals surface area contributed by atoms with Crippen molar-refractivity contribution in [3.05, 3.63) is 12.2 Å². The van der Waals surface area contributed by atoms with E-state index in [1.165, 1.54) is 0 Å². The zero-order valence-electron chi connectivity index (χ0n) is 11.2. The predicted octanol–water partition coefficient (Wildman–Crippen LogP) is 1.49. The summed E-state index contributed by atoms with van der Waals surface area (Å²) < 4.78 is 10.00. The van der Waals surface area contributed by atoms with Gasteiger partial charge in [0, 0.05) is 0 Å². The molecule has 0 atom stereocenters. The molecule has 6 heteroatoms. The Morgan fingerprint density at radius 3 is 2.06 bits per heavy atom. The van der Waals surface area contributed by atoms with Crippen LogP contribution in [0.15, 0.2) is 12.2 Å². The molecule has 1 fully saturated rings. The summed E-state index contributed by atoms with van der Waals surface area (Å²) in [6.07, 6.45) is -0.330. The SMILES string of the molecule is C=C(C(=O)OC(C)C)C1(C(=O)OC(C)(C)C)OO1. The second-order valence-electron chi connectivity index (χ2n) is 5.22. The van der Waals surface area contributed by atoms with Gasteiger partial charge < -0.3 is 9.47 Å². The van der Waals surface area contributed by atoms with Crippen molar-refractivity contribution in [2.24, 2.45) is 0 Å². The van der Waals surface area contributed by atoms with Gasteiger partial charge in [-0.15, -0.1) is 0 Å². The fourth-order valence-corrected chi connectivity index (χ4v) is 1.10. The molecule has 1 aliphatic heterocycles. The van der Waals surface area contributed by atoms with E-state index in [0.29, 0.717) is 0 Å². The topological polar surface area (TPSA) is 77.7 Å². The van der Waals surface area contributed by atoms with Crippen LogP contribution in [0.5, 0.6) is 0 Å². The normalized spacial score (nSPS) is 17.2. The minimum Gasteiger partial charge on any atom is -0.459 e. The third-order valence-electron chi connectivity index (χ3n) is 1.90. The van der Waals surface area contributed by atoms with Crippen molar-refractivity contribution >= 4 is 11.9 Å². The lowest BCUT2D eigenvalue weighted by Crippen LogP contribution is -2.37. The van der Waals surface area contributed by atoms with Crippen LogP contribution in [-0.4, -0.2) is 29.4 Å². The molecule has 0 spiro atoms.